The van der Waals surface area contributed by atoms with E-state index in [1.165, 1.54) is 13.4 Å². The van der Waals surface area contributed by atoms with Crippen molar-refractivity contribution in [3.8, 4) is 0 Å². The molecule has 0 aliphatic rings. The van der Waals surface area contributed by atoms with Gasteiger partial charge in [0.25, 0.3) is 0 Å². The van der Waals surface area contributed by atoms with Crippen molar-refractivity contribution in [3.05, 3.63) is 60.7 Å². The third-order valence-electron chi connectivity index (χ3n) is 1.67. The molecule has 1 aromatic carbocycles. The second-order valence-electron chi connectivity index (χ2n) is 2.76. The number of methoxy groups -OCH3 is 1. The maximum absolute atomic E-state index is 10.8. The molecule has 1 heterocycles. The molecular weight excluding hydrogens is 204 g/mol. The van der Waals surface area contributed by atoms with E-state index in [1.54, 1.807) is 42.7 Å². The summed E-state index contributed by atoms with van der Waals surface area (Å²) in [7, 11) is 1.37. The summed E-state index contributed by atoms with van der Waals surface area (Å²) >= 11 is 0. The molecule has 0 aliphatic carbocycles. The highest BCUT2D eigenvalue weighted by molar-refractivity contribution is 5.89. The first-order chi connectivity index (χ1) is 7.84. The second-order valence-corrected chi connectivity index (χ2v) is 2.76. The van der Waals surface area contributed by atoms with Crippen LogP contribution in [0.4, 0.5) is 0 Å². The summed E-state index contributed by atoms with van der Waals surface area (Å²) in [5.74, 6) is -0.291. The summed E-state index contributed by atoms with van der Waals surface area (Å²) in [6, 6.07) is 10.7. The van der Waals surface area contributed by atoms with Crippen LogP contribution in [0.2, 0.25) is 0 Å². The Hall–Kier alpha value is -2.23. The summed E-state index contributed by atoms with van der Waals surface area (Å²) < 4.78 is 4.50. The van der Waals surface area contributed by atoms with Crippen molar-refractivity contribution in [1.29, 1.82) is 0 Å². The van der Waals surface area contributed by atoms with E-state index in [-0.39, 0.29) is 5.97 Å². The van der Waals surface area contributed by atoms with Gasteiger partial charge in [-0.2, -0.15) is 0 Å². The molecule has 0 spiro atoms. The monoisotopic (exact) mass is 216 g/mol. The van der Waals surface area contributed by atoms with Gasteiger partial charge in [-0.1, -0.05) is 18.2 Å². The molecule has 2 rings (SSSR count). The van der Waals surface area contributed by atoms with Gasteiger partial charge in [-0.25, -0.2) is 14.8 Å². The summed E-state index contributed by atoms with van der Waals surface area (Å²) in [4.78, 5) is 18.1. The number of nitrogens with zero attached hydrogens (tertiary/aromatic N) is 2. The lowest BCUT2D eigenvalue weighted by Gasteiger charge is -1.95. The Balaban J connectivity index is 0.000000181. The fraction of sp³-hybridized carbons (Fsp3) is 0.0833. The predicted molar refractivity (Wildman–Crippen MR) is 59.8 cm³/mol. The molecule has 0 bridgehead atoms. The SMILES string of the molecule is COC(=O)c1ccccc1.c1cncnc1. The van der Waals surface area contributed by atoms with Crippen molar-refractivity contribution in [2.75, 3.05) is 7.11 Å². The van der Waals surface area contributed by atoms with Crippen molar-refractivity contribution >= 4 is 5.97 Å². The van der Waals surface area contributed by atoms with Gasteiger partial charge in [-0.15, -0.1) is 0 Å². The van der Waals surface area contributed by atoms with E-state index in [2.05, 4.69) is 14.7 Å². The minimum Gasteiger partial charge on any atom is -0.465 e. The number of esters is 1. The van der Waals surface area contributed by atoms with E-state index in [1.807, 2.05) is 6.07 Å². The van der Waals surface area contributed by atoms with Crippen LogP contribution in [0.15, 0.2) is 55.1 Å². The largest absolute Gasteiger partial charge is 0.465 e. The number of rotatable bonds is 1. The highest BCUT2D eigenvalue weighted by atomic mass is 16.5. The third kappa shape index (κ3) is 4.32. The molecule has 0 aliphatic heterocycles. The standard InChI is InChI=1S/C8H8O2.C4H4N2/c1-10-8(9)7-5-3-2-4-6-7;1-2-5-4-6-3-1/h2-6H,1H3;1-4H. The van der Waals surface area contributed by atoms with Crippen molar-refractivity contribution in [2.24, 2.45) is 0 Å². The smallest absolute Gasteiger partial charge is 0.337 e. The van der Waals surface area contributed by atoms with Crippen LogP contribution in [0.1, 0.15) is 10.4 Å². The minimum atomic E-state index is -0.291. The molecule has 4 nitrogen and oxygen atoms in total. The molecular formula is C12H12N2O2. The average Bonchev–Trinajstić information content (AvgIpc) is 2.41. The van der Waals surface area contributed by atoms with Crippen molar-refractivity contribution in [3.63, 3.8) is 0 Å². The Bertz CT molecular complexity index is 377. The van der Waals surface area contributed by atoms with Crippen LogP contribution < -0.4 is 0 Å². The van der Waals surface area contributed by atoms with Gasteiger partial charge in [0.2, 0.25) is 0 Å². The zero-order chi connectivity index (χ0) is 11.6. The van der Waals surface area contributed by atoms with E-state index >= 15 is 0 Å². The van der Waals surface area contributed by atoms with Gasteiger partial charge in [0.05, 0.1) is 12.7 Å². The lowest BCUT2D eigenvalue weighted by atomic mass is 10.2. The van der Waals surface area contributed by atoms with Crippen LogP contribution in [-0.4, -0.2) is 23.0 Å². The lowest BCUT2D eigenvalue weighted by Crippen LogP contribution is -1.99. The molecule has 4 heteroatoms. The zero-order valence-electron chi connectivity index (χ0n) is 8.91. The van der Waals surface area contributed by atoms with Crippen molar-refractivity contribution < 1.29 is 9.53 Å². The molecule has 82 valence electrons. The van der Waals surface area contributed by atoms with E-state index in [9.17, 15) is 4.79 Å². The van der Waals surface area contributed by atoms with E-state index < -0.39 is 0 Å². The summed E-state index contributed by atoms with van der Waals surface area (Å²) in [5.41, 5.74) is 0.588. The minimum absolute atomic E-state index is 0.291. The van der Waals surface area contributed by atoms with Crippen LogP contribution in [0, 0.1) is 0 Å². The van der Waals surface area contributed by atoms with Gasteiger partial charge in [0.1, 0.15) is 6.33 Å². The van der Waals surface area contributed by atoms with Gasteiger partial charge in [0.15, 0.2) is 0 Å². The number of carbonyl (C=O) groups is 1. The maximum atomic E-state index is 10.8. The van der Waals surface area contributed by atoms with Gasteiger partial charge in [-0.05, 0) is 18.2 Å². The van der Waals surface area contributed by atoms with Crippen LogP contribution in [0.3, 0.4) is 0 Å². The molecule has 0 amide bonds. The summed E-state index contributed by atoms with van der Waals surface area (Å²) in [5, 5.41) is 0. The Morgan fingerprint density at radius 3 is 2.06 bits per heavy atom. The van der Waals surface area contributed by atoms with Crippen LogP contribution >= 0.6 is 0 Å². The molecule has 0 N–H and O–H groups in total. The van der Waals surface area contributed by atoms with E-state index in [4.69, 9.17) is 0 Å². The van der Waals surface area contributed by atoms with Crippen LogP contribution in [-0.2, 0) is 4.74 Å². The topological polar surface area (TPSA) is 52.1 Å². The maximum Gasteiger partial charge on any atom is 0.337 e. The molecule has 0 saturated carbocycles. The average molecular weight is 216 g/mol. The molecule has 0 unspecified atom stereocenters. The lowest BCUT2D eigenvalue weighted by molar-refractivity contribution is 0.0601. The summed E-state index contributed by atoms with van der Waals surface area (Å²) in [6.45, 7) is 0. The number of hydrogen-bond donors (Lipinski definition) is 0. The first-order valence-corrected chi connectivity index (χ1v) is 4.68. The Kier molecular flexibility index (Phi) is 5.27. The van der Waals surface area contributed by atoms with Gasteiger partial charge < -0.3 is 4.74 Å². The number of aromatic nitrogens is 2. The second kappa shape index (κ2) is 7.11. The molecule has 1 aromatic heterocycles. The van der Waals surface area contributed by atoms with E-state index in [0.717, 1.165) is 0 Å². The number of benzene rings is 1. The Morgan fingerprint density at radius 1 is 1.06 bits per heavy atom. The van der Waals surface area contributed by atoms with Crippen molar-refractivity contribution in [1.82, 2.24) is 9.97 Å². The number of carbonyl (C=O) groups excluding carboxylic acids is 1. The van der Waals surface area contributed by atoms with Crippen LogP contribution in [0.5, 0.6) is 0 Å². The quantitative estimate of drug-likeness (QED) is 0.684. The predicted octanol–water partition coefficient (Wildman–Crippen LogP) is 1.95. The number of ether oxygens (including phenoxy) is 1. The summed E-state index contributed by atoms with van der Waals surface area (Å²) in [6.07, 6.45) is 4.88. The Labute approximate surface area is 93.9 Å². The molecule has 0 fully saturated rings. The molecule has 0 saturated heterocycles. The highest BCUT2D eigenvalue weighted by Crippen LogP contribution is 1.98. The van der Waals surface area contributed by atoms with Crippen molar-refractivity contribution in [2.45, 2.75) is 0 Å². The highest BCUT2D eigenvalue weighted by Gasteiger charge is 2.00. The number of hydrogen-bond acceptors (Lipinski definition) is 4. The zero-order valence-corrected chi connectivity index (χ0v) is 8.91. The Morgan fingerprint density at radius 2 is 1.69 bits per heavy atom. The van der Waals surface area contributed by atoms with E-state index in [0.29, 0.717) is 5.56 Å². The van der Waals surface area contributed by atoms with Crippen LogP contribution in [0.25, 0.3) is 0 Å². The third-order valence-corrected chi connectivity index (χ3v) is 1.67. The molecule has 0 atom stereocenters. The first-order valence-electron chi connectivity index (χ1n) is 4.68. The van der Waals surface area contributed by atoms with Gasteiger partial charge in [0, 0.05) is 12.4 Å². The fourth-order valence-electron chi connectivity index (χ4n) is 0.945. The van der Waals surface area contributed by atoms with Gasteiger partial charge >= 0.3 is 5.97 Å². The molecule has 2 aromatic rings. The fourth-order valence-corrected chi connectivity index (χ4v) is 0.945. The molecule has 16 heavy (non-hydrogen) atoms. The first kappa shape index (κ1) is 11.8. The van der Waals surface area contributed by atoms with Gasteiger partial charge in [-0.3, -0.25) is 0 Å². The molecule has 0 radical (unpaired) electrons. The normalized spacial score (nSPS) is 8.56.